The molecule has 4 heteroatoms. The zero-order valence-electron chi connectivity index (χ0n) is 9.41. The van der Waals surface area contributed by atoms with Crippen molar-refractivity contribution in [1.29, 1.82) is 0 Å². The SMILES string of the molecule is c1cnc2c(c1)ccc1ncc3nnccc3c12. The molecule has 4 nitrogen and oxygen atoms in total. The first kappa shape index (κ1) is 9.41. The average molecular weight is 232 g/mol. The van der Waals surface area contributed by atoms with Crippen molar-refractivity contribution in [2.24, 2.45) is 0 Å². The van der Waals surface area contributed by atoms with E-state index < -0.39 is 0 Å². The maximum Gasteiger partial charge on any atom is 0.112 e. The molecule has 0 N–H and O–H groups in total. The summed E-state index contributed by atoms with van der Waals surface area (Å²) in [4.78, 5) is 8.89. The van der Waals surface area contributed by atoms with Crippen LogP contribution in [-0.4, -0.2) is 20.2 Å². The molecule has 0 aliphatic rings. The van der Waals surface area contributed by atoms with Gasteiger partial charge in [-0.15, -0.1) is 5.10 Å². The monoisotopic (exact) mass is 232 g/mol. The van der Waals surface area contributed by atoms with Crippen molar-refractivity contribution in [3.8, 4) is 0 Å². The predicted octanol–water partition coefficient (Wildman–Crippen LogP) is 2.73. The average Bonchev–Trinajstić information content (AvgIpc) is 2.46. The molecular weight excluding hydrogens is 224 g/mol. The number of aromatic nitrogens is 4. The summed E-state index contributed by atoms with van der Waals surface area (Å²) in [5, 5.41) is 11.2. The highest BCUT2D eigenvalue weighted by atomic mass is 15.1. The lowest BCUT2D eigenvalue weighted by Gasteiger charge is -2.04. The molecule has 0 bridgehead atoms. The lowest BCUT2D eigenvalue weighted by molar-refractivity contribution is 1.07. The number of rotatable bonds is 0. The fourth-order valence-electron chi connectivity index (χ4n) is 2.29. The highest BCUT2D eigenvalue weighted by Crippen LogP contribution is 2.27. The third-order valence-electron chi connectivity index (χ3n) is 3.10. The lowest BCUT2D eigenvalue weighted by atomic mass is 10.1. The Labute approximate surface area is 102 Å². The first-order valence-electron chi connectivity index (χ1n) is 5.67. The summed E-state index contributed by atoms with van der Waals surface area (Å²) in [5.74, 6) is 0. The number of fused-ring (bicyclic) bond motifs is 5. The van der Waals surface area contributed by atoms with Crippen LogP contribution in [-0.2, 0) is 0 Å². The molecule has 3 heterocycles. The molecule has 0 fully saturated rings. The summed E-state index contributed by atoms with van der Waals surface area (Å²) in [5.41, 5.74) is 2.69. The number of nitrogens with zero attached hydrogens (tertiary/aromatic N) is 4. The summed E-state index contributed by atoms with van der Waals surface area (Å²) in [6.07, 6.45) is 5.25. The number of hydrogen-bond donors (Lipinski definition) is 0. The summed E-state index contributed by atoms with van der Waals surface area (Å²) in [7, 11) is 0. The van der Waals surface area contributed by atoms with Gasteiger partial charge in [0.05, 0.1) is 23.4 Å². The molecule has 0 radical (unpaired) electrons. The third-order valence-corrected chi connectivity index (χ3v) is 3.10. The minimum Gasteiger partial charge on any atom is -0.256 e. The standard InChI is InChI=1S/C14H8N4/c1-2-9-3-4-11-13(14(9)15-6-1)10-5-7-17-18-12(10)8-16-11/h1-8H. The Morgan fingerprint density at radius 1 is 0.833 bits per heavy atom. The maximum atomic E-state index is 4.47. The van der Waals surface area contributed by atoms with Gasteiger partial charge in [0.2, 0.25) is 0 Å². The van der Waals surface area contributed by atoms with E-state index in [4.69, 9.17) is 0 Å². The Kier molecular flexibility index (Phi) is 1.80. The van der Waals surface area contributed by atoms with Crippen molar-refractivity contribution in [2.75, 3.05) is 0 Å². The largest absolute Gasteiger partial charge is 0.256 e. The van der Waals surface area contributed by atoms with E-state index in [1.165, 1.54) is 0 Å². The number of hydrogen-bond acceptors (Lipinski definition) is 4. The fraction of sp³-hybridized carbons (Fsp3) is 0. The minimum absolute atomic E-state index is 0.795. The van der Waals surface area contributed by atoms with Crippen LogP contribution in [0.25, 0.3) is 32.7 Å². The number of pyridine rings is 2. The minimum atomic E-state index is 0.795. The fourth-order valence-corrected chi connectivity index (χ4v) is 2.29. The summed E-state index contributed by atoms with van der Waals surface area (Å²) >= 11 is 0. The molecule has 0 aliphatic carbocycles. The summed E-state index contributed by atoms with van der Waals surface area (Å²) < 4.78 is 0. The molecule has 4 aromatic rings. The number of benzene rings is 1. The molecule has 0 spiro atoms. The van der Waals surface area contributed by atoms with Crippen LogP contribution >= 0.6 is 0 Å². The maximum absolute atomic E-state index is 4.47. The molecule has 84 valence electrons. The van der Waals surface area contributed by atoms with Gasteiger partial charge < -0.3 is 0 Å². The molecule has 0 atom stereocenters. The van der Waals surface area contributed by atoms with Crippen LogP contribution in [0.1, 0.15) is 0 Å². The highest BCUT2D eigenvalue weighted by Gasteiger charge is 2.07. The van der Waals surface area contributed by atoms with Crippen LogP contribution in [0.5, 0.6) is 0 Å². The van der Waals surface area contributed by atoms with E-state index in [0.717, 1.165) is 32.7 Å². The molecular formula is C14H8N4. The van der Waals surface area contributed by atoms with Gasteiger partial charge in [-0.05, 0) is 18.2 Å². The van der Waals surface area contributed by atoms with Gasteiger partial charge >= 0.3 is 0 Å². The predicted molar refractivity (Wildman–Crippen MR) is 70.1 cm³/mol. The van der Waals surface area contributed by atoms with Crippen molar-refractivity contribution in [3.63, 3.8) is 0 Å². The van der Waals surface area contributed by atoms with Crippen LogP contribution in [0.3, 0.4) is 0 Å². The molecule has 0 amide bonds. The molecule has 4 rings (SSSR count). The van der Waals surface area contributed by atoms with Gasteiger partial charge in [-0.1, -0.05) is 12.1 Å². The second-order valence-electron chi connectivity index (χ2n) is 4.12. The van der Waals surface area contributed by atoms with Crippen molar-refractivity contribution in [1.82, 2.24) is 20.2 Å². The second kappa shape index (κ2) is 3.43. The zero-order valence-corrected chi connectivity index (χ0v) is 9.41. The van der Waals surface area contributed by atoms with E-state index in [1.54, 1.807) is 18.6 Å². The van der Waals surface area contributed by atoms with Crippen LogP contribution in [0, 0.1) is 0 Å². The molecule has 18 heavy (non-hydrogen) atoms. The van der Waals surface area contributed by atoms with E-state index in [-0.39, 0.29) is 0 Å². The lowest BCUT2D eigenvalue weighted by Crippen LogP contribution is -1.89. The zero-order chi connectivity index (χ0) is 11.9. The van der Waals surface area contributed by atoms with E-state index in [2.05, 4.69) is 26.2 Å². The third kappa shape index (κ3) is 1.20. The van der Waals surface area contributed by atoms with E-state index in [0.29, 0.717) is 0 Å². The first-order valence-corrected chi connectivity index (χ1v) is 5.67. The molecule has 0 saturated heterocycles. The van der Waals surface area contributed by atoms with Crippen LogP contribution in [0.4, 0.5) is 0 Å². The quantitative estimate of drug-likeness (QED) is 0.437. The van der Waals surface area contributed by atoms with E-state index in [1.807, 2.05) is 24.3 Å². The van der Waals surface area contributed by atoms with Crippen LogP contribution in [0.15, 0.2) is 48.9 Å². The van der Waals surface area contributed by atoms with Crippen molar-refractivity contribution < 1.29 is 0 Å². The van der Waals surface area contributed by atoms with Crippen molar-refractivity contribution in [3.05, 3.63) is 48.9 Å². The molecule has 0 unspecified atom stereocenters. The Bertz CT molecular complexity index is 816. The normalized spacial score (nSPS) is 11.3. The second-order valence-corrected chi connectivity index (χ2v) is 4.12. The first-order chi connectivity index (χ1) is 8.93. The van der Waals surface area contributed by atoms with Gasteiger partial charge in [0, 0.05) is 22.4 Å². The summed E-state index contributed by atoms with van der Waals surface area (Å²) in [6.45, 7) is 0. The van der Waals surface area contributed by atoms with Gasteiger partial charge in [0.25, 0.3) is 0 Å². The molecule has 1 aromatic carbocycles. The Morgan fingerprint density at radius 3 is 2.83 bits per heavy atom. The summed E-state index contributed by atoms with van der Waals surface area (Å²) in [6, 6.07) is 10.00. The van der Waals surface area contributed by atoms with Gasteiger partial charge in [-0.2, -0.15) is 5.10 Å². The van der Waals surface area contributed by atoms with E-state index >= 15 is 0 Å². The van der Waals surface area contributed by atoms with Gasteiger partial charge in [-0.25, -0.2) is 0 Å². The smallest absolute Gasteiger partial charge is 0.112 e. The topological polar surface area (TPSA) is 51.6 Å². The Hall–Kier alpha value is -2.62. The van der Waals surface area contributed by atoms with Crippen LogP contribution < -0.4 is 0 Å². The van der Waals surface area contributed by atoms with Gasteiger partial charge in [0.1, 0.15) is 5.52 Å². The van der Waals surface area contributed by atoms with E-state index in [9.17, 15) is 0 Å². The Balaban J connectivity index is 2.38. The molecule has 0 aliphatic heterocycles. The van der Waals surface area contributed by atoms with Gasteiger partial charge in [0.15, 0.2) is 0 Å². The van der Waals surface area contributed by atoms with Crippen molar-refractivity contribution in [2.45, 2.75) is 0 Å². The van der Waals surface area contributed by atoms with Crippen molar-refractivity contribution >= 4 is 32.7 Å². The molecule has 0 saturated carbocycles. The van der Waals surface area contributed by atoms with Gasteiger partial charge in [-0.3, -0.25) is 9.97 Å². The highest BCUT2D eigenvalue weighted by molar-refractivity contribution is 6.16. The Morgan fingerprint density at radius 2 is 1.83 bits per heavy atom. The van der Waals surface area contributed by atoms with Crippen LogP contribution in [0.2, 0.25) is 0 Å². The molecule has 3 aromatic heterocycles.